The molecule has 6 heteroatoms. The second-order valence-electron chi connectivity index (χ2n) is 5.23. The number of aromatic amines is 1. The van der Waals surface area contributed by atoms with Crippen molar-refractivity contribution in [3.05, 3.63) is 36.2 Å². The number of H-pyrrole nitrogens is 1. The Morgan fingerprint density at radius 1 is 1.33 bits per heavy atom. The third-order valence-corrected chi connectivity index (χ3v) is 3.46. The van der Waals surface area contributed by atoms with Crippen LogP contribution in [0.3, 0.4) is 0 Å². The summed E-state index contributed by atoms with van der Waals surface area (Å²) < 4.78 is 14.0. The van der Waals surface area contributed by atoms with Gasteiger partial charge in [-0.1, -0.05) is 4.48 Å². The van der Waals surface area contributed by atoms with Gasteiger partial charge < -0.3 is 10.7 Å². The van der Waals surface area contributed by atoms with Gasteiger partial charge >= 0.3 is 0 Å². The molecule has 0 atom stereocenters. The van der Waals surface area contributed by atoms with Gasteiger partial charge in [0.2, 0.25) is 0 Å². The molecule has 0 saturated carbocycles. The second kappa shape index (κ2) is 4.73. The molecule has 5 nitrogen and oxygen atoms in total. The van der Waals surface area contributed by atoms with E-state index in [9.17, 15) is 9.28 Å². The number of benzene rings is 1. The highest BCUT2D eigenvalue weighted by molar-refractivity contribution is 6.14. The summed E-state index contributed by atoms with van der Waals surface area (Å²) in [5.74, 6) is -0.547. The smallest absolute Gasteiger partial charge is 0.252 e. The van der Waals surface area contributed by atoms with Gasteiger partial charge in [0, 0.05) is 28.7 Å². The Kier molecular flexibility index (Phi) is 3.01. The van der Waals surface area contributed by atoms with Crippen molar-refractivity contribution in [2.45, 2.75) is 19.9 Å². The molecule has 0 spiro atoms. The lowest BCUT2D eigenvalue weighted by molar-refractivity contribution is 0.100. The molecule has 21 heavy (non-hydrogen) atoms. The minimum Gasteiger partial charge on any atom is -0.365 e. The van der Waals surface area contributed by atoms with Crippen LogP contribution in [0.1, 0.15) is 24.2 Å². The van der Waals surface area contributed by atoms with Gasteiger partial charge in [0.25, 0.3) is 5.91 Å². The largest absolute Gasteiger partial charge is 0.365 e. The van der Waals surface area contributed by atoms with Crippen molar-refractivity contribution in [3.63, 3.8) is 0 Å². The van der Waals surface area contributed by atoms with Crippen LogP contribution in [0.4, 0.5) is 10.2 Å². The molecule has 1 aromatic carbocycles. The summed E-state index contributed by atoms with van der Waals surface area (Å²) in [6.45, 7) is 3.54. The highest BCUT2D eigenvalue weighted by atomic mass is 19.2. The van der Waals surface area contributed by atoms with Crippen LogP contribution in [0.2, 0.25) is 0 Å². The van der Waals surface area contributed by atoms with Gasteiger partial charge in [-0.05, 0) is 32.0 Å². The van der Waals surface area contributed by atoms with Gasteiger partial charge in [-0.15, -0.1) is 0 Å². The predicted molar refractivity (Wildman–Crippen MR) is 80.8 cm³/mol. The molecule has 0 aliphatic heterocycles. The lowest BCUT2D eigenvalue weighted by Crippen LogP contribution is -2.20. The van der Waals surface area contributed by atoms with E-state index in [-0.39, 0.29) is 6.04 Å². The third-order valence-electron chi connectivity index (χ3n) is 3.46. The van der Waals surface area contributed by atoms with E-state index in [4.69, 9.17) is 5.73 Å². The normalized spacial score (nSPS) is 11.4. The molecule has 2 aromatic heterocycles. The minimum atomic E-state index is -0.547. The number of fused-ring (bicyclic) bond motifs is 3. The van der Waals surface area contributed by atoms with Gasteiger partial charge in [-0.3, -0.25) is 9.78 Å². The Hall–Kier alpha value is -2.63. The van der Waals surface area contributed by atoms with Crippen molar-refractivity contribution in [3.8, 4) is 0 Å². The third kappa shape index (κ3) is 2.08. The van der Waals surface area contributed by atoms with E-state index in [1.807, 2.05) is 0 Å². The number of carbonyl (C=O) groups excluding carboxylic acids is 1. The molecule has 3 N–H and O–H groups in total. The van der Waals surface area contributed by atoms with Gasteiger partial charge in [0.1, 0.15) is 0 Å². The summed E-state index contributed by atoms with van der Waals surface area (Å²) in [7, 11) is 0. The van der Waals surface area contributed by atoms with Crippen molar-refractivity contribution in [1.29, 1.82) is 0 Å². The molecule has 0 saturated heterocycles. The molecule has 3 aromatic rings. The lowest BCUT2D eigenvalue weighted by atomic mass is 10.1. The first-order valence-corrected chi connectivity index (χ1v) is 6.63. The van der Waals surface area contributed by atoms with Crippen molar-refractivity contribution < 1.29 is 9.28 Å². The molecular weight excluding hydrogens is 271 g/mol. The first-order chi connectivity index (χ1) is 9.99. The van der Waals surface area contributed by atoms with Crippen LogP contribution >= 0.6 is 0 Å². The Bertz CT molecular complexity index is 840. The topological polar surface area (TPSA) is 75.0 Å². The van der Waals surface area contributed by atoms with Gasteiger partial charge in [0.15, 0.2) is 0 Å². The van der Waals surface area contributed by atoms with E-state index in [0.29, 0.717) is 21.9 Å². The van der Waals surface area contributed by atoms with Crippen LogP contribution < -0.4 is 10.9 Å². The van der Waals surface area contributed by atoms with E-state index in [1.165, 1.54) is 6.20 Å². The van der Waals surface area contributed by atoms with E-state index in [2.05, 4.69) is 9.97 Å². The summed E-state index contributed by atoms with van der Waals surface area (Å²) in [6.07, 6.45) is 3.07. The standard InChI is InChI=1S/C15H15FN4O/c1-8(2)20(16)9-3-4-13-10(5-9)11-6-18-7-12(15(17)21)14(11)19-13/h3-8,19H,1-2H3,(H2,17,21). The monoisotopic (exact) mass is 286 g/mol. The number of halogens is 1. The molecule has 3 rings (SSSR count). The quantitative estimate of drug-likeness (QED) is 0.727. The SMILES string of the molecule is CC(C)N(F)c1ccc2[nH]c3c(C(N)=O)cncc3c2c1. The number of hydrogen-bond acceptors (Lipinski definition) is 3. The Morgan fingerprint density at radius 3 is 2.76 bits per heavy atom. The number of pyridine rings is 1. The molecule has 108 valence electrons. The maximum absolute atomic E-state index is 14.0. The van der Waals surface area contributed by atoms with E-state index in [1.54, 1.807) is 38.2 Å². The first kappa shape index (κ1) is 13.4. The van der Waals surface area contributed by atoms with Crippen molar-refractivity contribution in [2.24, 2.45) is 5.73 Å². The Morgan fingerprint density at radius 2 is 2.10 bits per heavy atom. The molecule has 0 bridgehead atoms. The van der Waals surface area contributed by atoms with Crippen molar-refractivity contribution in [2.75, 3.05) is 5.12 Å². The fraction of sp³-hybridized carbons (Fsp3) is 0.200. The van der Waals surface area contributed by atoms with E-state index in [0.717, 1.165) is 16.3 Å². The summed E-state index contributed by atoms with van der Waals surface area (Å²) in [5.41, 5.74) is 7.57. The van der Waals surface area contributed by atoms with Crippen LogP contribution in [0.25, 0.3) is 21.8 Å². The Labute approximate surface area is 120 Å². The number of aromatic nitrogens is 2. The number of nitrogens with zero attached hydrogens (tertiary/aromatic N) is 2. The zero-order chi connectivity index (χ0) is 15.1. The summed E-state index contributed by atoms with van der Waals surface area (Å²) in [4.78, 5) is 18.6. The molecule has 0 aliphatic carbocycles. The fourth-order valence-electron chi connectivity index (χ4n) is 2.42. The van der Waals surface area contributed by atoms with Crippen LogP contribution in [0.15, 0.2) is 30.6 Å². The number of primary amides is 1. The highest BCUT2D eigenvalue weighted by Gasteiger charge is 2.15. The molecule has 2 heterocycles. The number of carbonyl (C=O) groups is 1. The average molecular weight is 286 g/mol. The highest BCUT2D eigenvalue weighted by Crippen LogP contribution is 2.30. The number of nitrogens with one attached hydrogen (secondary N) is 1. The number of hydrogen-bond donors (Lipinski definition) is 2. The zero-order valence-electron chi connectivity index (χ0n) is 11.7. The van der Waals surface area contributed by atoms with Gasteiger partial charge in [-0.2, -0.15) is 0 Å². The maximum atomic E-state index is 14.0. The van der Waals surface area contributed by atoms with E-state index < -0.39 is 5.91 Å². The van der Waals surface area contributed by atoms with Crippen molar-refractivity contribution >= 4 is 33.4 Å². The minimum absolute atomic E-state index is 0.257. The van der Waals surface area contributed by atoms with Crippen LogP contribution in [-0.4, -0.2) is 21.9 Å². The lowest BCUT2D eigenvalue weighted by Gasteiger charge is -2.17. The van der Waals surface area contributed by atoms with Crippen LogP contribution in [0, 0.1) is 0 Å². The first-order valence-electron chi connectivity index (χ1n) is 6.63. The van der Waals surface area contributed by atoms with Gasteiger partial charge in [0.05, 0.1) is 22.8 Å². The predicted octanol–water partition coefficient (Wildman–Crippen LogP) is 2.91. The average Bonchev–Trinajstić information content (AvgIpc) is 2.83. The van der Waals surface area contributed by atoms with Crippen LogP contribution in [-0.2, 0) is 0 Å². The molecule has 0 aliphatic rings. The molecule has 0 radical (unpaired) electrons. The number of anilines is 1. The number of amides is 1. The number of rotatable bonds is 3. The summed E-state index contributed by atoms with van der Waals surface area (Å²) >= 11 is 0. The fourth-order valence-corrected chi connectivity index (χ4v) is 2.42. The molecule has 0 unspecified atom stereocenters. The summed E-state index contributed by atoms with van der Waals surface area (Å²) in [5, 5.41) is 2.26. The van der Waals surface area contributed by atoms with E-state index >= 15 is 0 Å². The molecule has 0 fully saturated rings. The second-order valence-corrected chi connectivity index (χ2v) is 5.23. The summed E-state index contributed by atoms with van der Waals surface area (Å²) in [6, 6.07) is 4.95. The zero-order valence-corrected chi connectivity index (χ0v) is 11.7. The maximum Gasteiger partial charge on any atom is 0.252 e. The van der Waals surface area contributed by atoms with Crippen molar-refractivity contribution in [1.82, 2.24) is 9.97 Å². The number of nitrogens with two attached hydrogens (primary N) is 1. The molecule has 1 amide bonds. The Balaban J connectivity index is 2.28. The van der Waals surface area contributed by atoms with Crippen LogP contribution in [0.5, 0.6) is 0 Å². The molecular formula is C15H15FN4O. The van der Waals surface area contributed by atoms with Gasteiger partial charge in [-0.25, -0.2) is 5.12 Å².